The van der Waals surface area contributed by atoms with Crippen molar-refractivity contribution >= 4 is 126 Å². The van der Waals surface area contributed by atoms with Crippen LogP contribution in [0.1, 0.15) is 77.0 Å². The van der Waals surface area contributed by atoms with E-state index in [9.17, 15) is 50.6 Å². The summed E-state index contributed by atoms with van der Waals surface area (Å²) in [6, 6.07) is 107. The number of aliphatic hydroxyl groups is 4. The molecule has 4 radical (unpaired) electrons. The summed E-state index contributed by atoms with van der Waals surface area (Å²) in [4.78, 5) is 65.5. The van der Waals surface area contributed by atoms with Crippen LogP contribution in [0.3, 0.4) is 0 Å². The number of benzene rings is 11. The van der Waals surface area contributed by atoms with Gasteiger partial charge in [-0.3, -0.25) is 44.1 Å². The molecule has 27 heteroatoms. The van der Waals surface area contributed by atoms with Crippen LogP contribution in [0.25, 0.3) is 117 Å². The van der Waals surface area contributed by atoms with Crippen molar-refractivity contribution in [1.82, 2.24) is 24.9 Å². The van der Waals surface area contributed by atoms with Crippen molar-refractivity contribution in [2.75, 3.05) is 0 Å². The summed E-state index contributed by atoms with van der Waals surface area (Å²) in [5, 5.41) is 45.2. The molecule has 16 rings (SSSR count). The Balaban J connectivity index is 0.000000302. The Morgan fingerprint density at radius 1 is 0.342 bits per heavy atom. The van der Waals surface area contributed by atoms with Gasteiger partial charge < -0.3 is 20.4 Å². The van der Waals surface area contributed by atoms with Gasteiger partial charge in [-0.25, -0.2) is 0 Å². The average Bonchev–Trinajstić information content (AvgIpc) is 0.784. The molecule has 0 spiro atoms. The van der Waals surface area contributed by atoms with Gasteiger partial charge in [0.15, 0.2) is 17.3 Å². The largest absolute Gasteiger partial charge is 0.512 e. The molecule has 0 atom stereocenters. The number of carbonyl (C=O) groups is 4. The van der Waals surface area contributed by atoms with Crippen LogP contribution in [0, 0.1) is 65.8 Å². The second-order valence-corrected chi connectivity index (χ2v) is 58.9. The maximum atomic E-state index is 11.8. The Morgan fingerprint density at radius 2 is 0.664 bits per heavy atom. The minimum Gasteiger partial charge on any atom is -0.512 e. The molecular weight excluding hydrogens is 2620 g/mol. The number of allylic oxidation sites excluding steroid dienone is 7. The van der Waals surface area contributed by atoms with Crippen LogP contribution in [0.5, 0.6) is 0 Å². The van der Waals surface area contributed by atoms with Gasteiger partial charge in [0.2, 0.25) is 5.76 Å². The number of carbonyl (C=O) groups excluding carboxylic acids is 4. The standard InChI is InChI=1S/C26H26NSi.C25H25N2Si.2C19H20NSi.C15H12O2.C5H2F6O2.2C5H8O2.4Ir/c1-18-11-14-23(19(2)26(18)20-9-7-6-8-10-20)25-15-12-21-17-22(28(3,4)5)13-16-24(21)27-25;1-17-8-11-22(18(2)25(17)20-7-6-14-26-16-20)24-12-9-19-15-21(28(3,4)5)10-13-23(19)27-24;2*1-14-6-5-7-15(12-14)18-10-8-16-13-17(21(2,3)4)9-11-19(16)20-18;16-14(12-7-3-1-4-8-12)11-15(17)13-9-5-2-6-10-13;6-4(7,8)2(12)1-3(13)5(9,10)11;2*1-4(6)3-5(2)7;;;;/h6-13,15-17H,1-5H3;6-10,12-16H,1-5H3;2*5-6,8-13H,1-4H3;1-11,16H;1,12H;2*3,6H,1-2H3;;;;/q4*-1;;;;;;;;. The Bertz CT molecular complexity index is 6950. The molecule has 768 valence electrons. The molecule has 4 N–H and O–H groups in total. The molecule has 13 nitrogen and oxygen atoms in total. The zero-order chi connectivity index (χ0) is 105. The molecule has 0 unspecified atom stereocenters. The first kappa shape index (κ1) is 125. The number of hydrogen-bond donors (Lipinski definition) is 4. The fourth-order valence-corrected chi connectivity index (χ4v) is 19.6. The van der Waals surface area contributed by atoms with Crippen molar-refractivity contribution in [1.29, 1.82) is 0 Å². The van der Waals surface area contributed by atoms with Crippen molar-refractivity contribution in [2.45, 2.75) is 160 Å². The molecule has 0 amide bonds. The number of ketones is 4. The van der Waals surface area contributed by atoms with E-state index >= 15 is 0 Å². The van der Waals surface area contributed by atoms with E-state index in [2.05, 4.69) is 343 Å². The first-order valence-corrected chi connectivity index (χ1v) is 60.2. The molecule has 0 aliphatic rings. The number of halogens is 6. The summed E-state index contributed by atoms with van der Waals surface area (Å²) in [5.74, 6) is -5.68. The van der Waals surface area contributed by atoms with Gasteiger partial charge in [-0.2, -0.15) is 26.3 Å². The molecule has 146 heavy (non-hydrogen) atoms. The van der Waals surface area contributed by atoms with Gasteiger partial charge in [0.05, 0.1) is 65.9 Å². The smallest absolute Gasteiger partial charge is 0.454 e. The molecule has 16 aromatic rings. The number of rotatable bonds is 16. The number of alkyl halides is 6. The van der Waals surface area contributed by atoms with Crippen LogP contribution >= 0.6 is 0 Å². The predicted molar refractivity (Wildman–Crippen MR) is 583 cm³/mol. The van der Waals surface area contributed by atoms with E-state index in [1.54, 1.807) is 36.4 Å². The minimum absolute atomic E-state index is 0. The number of aryl methyl sites for hydroxylation is 4. The molecule has 0 bridgehead atoms. The number of hydrogen-bond acceptors (Lipinski definition) is 13. The third-order valence-electron chi connectivity index (χ3n) is 22.4. The number of fused-ring (bicyclic) bond motifs is 4. The molecular formula is C119H121F6Ir4N5O8Si4-4. The van der Waals surface area contributed by atoms with E-state index < -0.39 is 62.3 Å². The Kier molecular flexibility index (Phi) is 47.6. The van der Waals surface area contributed by atoms with Gasteiger partial charge in [-0.15, -0.1) is 128 Å². The Morgan fingerprint density at radius 3 is 0.966 bits per heavy atom. The Labute approximate surface area is 912 Å². The van der Waals surface area contributed by atoms with Gasteiger partial charge >= 0.3 is 12.4 Å². The van der Waals surface area contributed by atoms with Crippen LogP contribution < -0.4 is 20.7 Å². The quantitative estimate of drug-likeness (QED) is 0.0177. The summed E-state index contributed by atoms with van der Waals surface area (Å²) >= 11 is 0. The fraction of sp³-hybridized carbons (Fsp3) is 0.202. The first-order chi connectivity index (χ1) is 66.6. The minimum atomic E-state index is -5.42. The maximum absolute atomic E-state index is 11.8. The molecule has 5 heterocycles. The van der Waals surface area contributed by atoms with E-state index in [1.165, 1.54) is 138 Å². The number of aromatic nitrogens is 5. The topological polar surface area (TPSA) is 214 Å². The summed E-state index contributed by atoms with van der Waals surface area (Å²) < 4.78 is 68.1. The van der Waals surface area contributed by atoms with Crippen LogP contribution in [0.2, 0.25) is 78.6 Å². The molecule has 5 aromatic heterocycles. The predicted octanol–water partition coefficient (Wildman–Crippen LogP) is 29.2. The van der Waals surface area contributed by atoms with E-state index in [1.807, 2.05) is 54.9 Å². The molecule has 0 fully saturated rings. The summed E-state index contributed by atoms with van der Waals surface area (Å²) in [6.07, 6.45) is -4.38. The van der Waals surface area contributed by atoms with Crippen molar-refractivity contribution < 1.29 is 146 Å². The van der Waals surface area contributed by atoms with Gasteiger partial charge in [0.1, 0.15) is 5.76 Å². The monoisotopic (exact) mass is 2750 g/mol. The number of aliphatic hydroxyl groups excluding tert-OH is 4. The van der Waals surface area contributed by atoms with Crippen molar-refractivity contribution in [3.8, 4) is 67.3 Å². The summed E-state index contributed by atoms with van der Waals surface area (Å²) in [5.41, 5.74) is 25.8. The molecule has 0 saturated carbocycles. The van der Waals surface area contributed by atoms with Crippen LogP contribution in [-0.4, -0.2) is 113 Å². The Hall–Kier alpha value is -11.9. The second kappa shape index (κ2) is 55.8. The molecule has 0 saturated heterocycles. The van der Waals surface area contributed by atoms with E-state index in [0.717, 1.165) is 72.7 Å². The van der Waals surface area contributed by atoms with Crippen LogP contribution in [0.15, 0.2) is 327 Å². The van der Waals surface area contributed by atoms with Crippen LogP contribution in [-0.2, 0) is 94.8 Å². The zero-order valence-electron chi connectivity index (χ0n) is 85.7. The van der Waals surface area contributed by atoms with E-state index in [4.69, 9.17) is 35.3 Å². The molecule has 0 aliphatic carbocycles. The zero-order valence-corrected chi connectivity index (χ0v) is 99.3. The van der Waals surface area contributed by atoms with Crippen molar-refractivity contribution in [3.63, 3.8) is 0 Å². The van der Waals surface area contributed by atoms with Crippen LogP contribution in [0.4, 0.5) is 26.3 Å². The second-order valence-electron chi connectivity index (χ2n) is 38.6. The van der Waals surface area contributed by atoms with E-state index in [0.29, 0.717) is 11.1 Å². The molecule has 0 aliphatic heterocycles. The van der Waals surface area contributed by atoms with E-state index in [-0.39, 0.29) is 115 Å². The van der Waals surface area contributed by atoms with Crippen molar-refractivity contribution in [2.24, 2.45) is 0 Å². The fourth-order valence-electron chi connectivity index (χ4n) is 14.9. The van der Waals surface area contributed by atoms with Gasteiger partial charge in [-0.05, 0) is 113 Å². The normalized spacial score (nSPS) is 11.6. The third-order valence-corrected chi connectivity index (χ3v) is 30.6. The van der Waals surface area contributed by atoms with Crippen molar-refractivity contribution in [3.05, 3.63) is 396 Å². The van der Waals surface area contributed by atoms with Gasteiger partial charge in [-0.1, -0.05) is 346 Å². The van der Waals surface area contributed by atoms with Gasteiger partial charge in [0.25, 0.3) is 5.78 Å². The maximum Gasteiger partial charge on any atom is 0.454 e. The SMILES string of the molecule is CC(=O)C=C(C)O.CC(=O)C=C(C)O.Cc1c[c-]c(-c2ccc3cc([Si](C)(C)C)ccc3n2)c(C)c1-c1ccccc1.Cc1c[c-]c(-c2ccc3cc([Si](C)(C)C)ccc3n2)c(C)c1-c1cccnc1.Cc1cc[c-]c(-c2ccc3cc([Si](C)(C)C)ccc3n2)c1.Cc1cc[c-]c(-c2ccc3cc([Si](C)(C)C)ccc3n2)c1.O=C(C=C(O)C(F)(F)F)C(F)(F)F.O=C(C=C(O)c1ccccc1)c1ccccc1.[Ir].[Ir].[Ir].[Ir]. The summed E-state index contributed by atoms with van der Waals surface area (Å²) in [6.45, 7) is 47.0. The first-order valence-electron chi connectivity index (χ1n) is 46.2. The third kappa shape index (κ3) is 37.5. The number of nitrogens with zero attached hydrogens (tertiary/aromatic N) is 5. The molecule has 11 aromatic carbocycles. The average molecular weight is 2740 g/mol. The summed E-state index contributed by atoms with van der Waals surface area (Å²) in [7, 11) is -5.19. The number of pyridine rings is 5. The van der Waals surface area contributed by atoms with Gasteiger partial charge in [0, 0.05) is 128 Å².